The smallest absolute Gasteiger partial charge is 0.409 e. The SMILES string of the molecule is C[Si](C)(C)CCOC(=O)N1C[C@@H]2C[C@H](C1)N(C(=O)C1CC1)[C@H]2C=O. The summed E-state index contributed by atoms with van der Waals surface area (Å²) < 4.78 is 5.44. The second kappa shape index (κ2) is 6.50. The van der Waals surface area contributed by atoms with E-state index in [1.54, 1.807) is 9.80 Å². The summed E-state index contributed by atoms with van der Waals surface area (Å²) in [5.74, 6) is 0.256. The van der Waals surface area contributed by atoms with Crippen molar-refractivity contribution in [3.63, 3.8) is 0 Å². The van der Waals surface area contributed by atoms with Crippen molar-refractivity contribution in [2.75, 3.05) is 19.7 Å². The first-order valence-corrected chi connectivity index (χ1v) is 12.7. The van der Waals surface area contributed by atoms with E-state index in [1.807, 2.05) is 0 Å². The van der Waals surface area contributed by atoms with Crippen LogP contribution in [0.5, 0.6) is 0 Å². The molecule has 3 fully saturated rings. The summed E-state index contributed by atoms with van der Waals surface area (Å²) in [7, 11) is -1.23. The van der Waals surface area contributed by atoms with Gasteiger partial charge in [0.15, 0.2) is 0 Å². The predicted molar refractivity (Wildman–Crippen MR) is 92.4 cm³/mol. The van der Waals surface area contributed by atoms with Crippen molar-refractivity contribution >= 4 is 26.4 Å². The lowest BCUT2D eigenvalue weighted by Gasteiger charge is -2.32. The van der Waals surface area contributed by atoms with Crippen molar-refractivity contribution in [2.24, 2.45) is 11.8 Å². The maximum atomic E-state index is 12.5. The minimum absolute atomic E-state index is 0.0309. The average Bonchev–Trinajstić information content (AvgIpc) is 3.31. The van der Waals surface area contributed by atoms with Crippen LogP contribution in [0.15, 0.2) is 0 Å². The van der Waals surface area contributed by atoms with E-state index in [4.69, 9.17) is 4.74 Å². The van der Waals surface area contributed by atoms with Crippen LogP contribution in [-0.4, -0.2) is 67.9 Å². The standard InChI is InChI=1S/C17H28N2O4Si/c1-24(2,3)7-6-23-17(22)18-9-13-8-14(10-18)19(15(13)11-20)16(21)12-4-5-12/h11-15H,4-10H2,1-3H3/t13-,14+,15-/m0/s1. The number of hydrogen-bond acceptors (Lipinski definition) is 4. The number of nitrogens with zero attached hydrogens (tertiary/aromatic N) is 2. The van der Waals surface area contributed by atoms with Crippen LogP contribution in [0.4, 0.5) is 4.79 Å². The molecule has 0 aromatic rings. The third kappa shape index (κ3) is 3.65. The molecule has 0 aromatic carbocycles. The molecular formula is C17H28N2O4Si. The molecule has 7 heteroatoms. The van der Waals surface area contributed by atoms with Gasteiger partial charge in [0.05, 0.1) is 18.7 Å². The van der Waals surface area contributed by atoms with Crippen molar-refractivity contribution in [1.29, 1.82) is 0 Å². The number of rotatable bonds is 5. The monoisotopic (exact) mass is 352 g/mol. The number of carbonyl (C=O) groups excluding carboxylic acids is 3. The van der Waals surface area contributed by atoms with E-state index in [0.29, 0.717) is 19.7 Å². The number of aldehydes is 1. The number of carbonyl (C=O) groups is 3. The van der Waals surface area contributed by atoms with Gasteiger partial charge in [-0.15, -0.1) is 0 Å². The van der Waals surface area contributed by atoms with E-state index in [-0.39, 0.29) is 35.9 Å². The third-order valence-electron chi connectivity index (χ3n) is 5.31. The van der Waals surface area contributed by atoms with Crippen LogP contribution in [0, 0.1) is 11.8 Å². The first-order chi connectivity index (χ1) is 11.3. The van der Waals surface area contributed by atoms with Gasteiger partial charge in [0.1, 0.15) is 6.29 Å². The number of amides is 2. The maximum absolute atomic E-state index is 12.5. The molecule has 3 aliphatic rings. The number of hydrogen-bond donors (Lipinski definition) is 0. The summed E-state index contributed by atoms with van der Waals surface area (Å²) in [6, 6.07) is 0.544. The van der Waals surface area contributed by atoms with Gasteiger partial charge in [0, 0.05) is 33.0 Å². The van der Waals surface area contributed by atoms with Crippen molar-refractivity contribution in [1.82, 2.24) is 9.80 Å². The lowest BCUT2D eigenvalue weighted by Crippen LogP contribution is -2.47. The molecule has 1 saturated carbocycles. The number of piperidine rings is 1. The van der Waals surface area contributed by atoms with E-state index in [0.717, 1.165) is 31.6 Å². The molecule has 2 saturated heterocycles. The Labute approximate surface area is 144 Å². The van der Waals surface area contributed by atoms with E-state index in [1.165, 1.54) is 0 Å². The van der Waals surface area contributed by atoms with Crippen LogP contribution in [0.1, 0.15) is 19.3 Å². The Balaban J connectivity index is 1.60. The van der Waals surface area contributed by atoms with Gasteiger partial charge in [0.2, 0.25) is 5.91 Å². The van der Waals surface area contributed by atoms with Gasteiger partial charge in [-0.2, -0.15) is 0 Å². The Hall–Kier alpha value is -1.37. The average molecular weight is 353 g/mol. The van der Waals surface area contributed by atoms with E-state index >= 15 is 0 Å². The van der Waals surface area contributed by atoms with Gasteiger partial charge in [-0.25, -0.2) is 4.79 Å². The van der Waals surface area contributed by atoms with Crippen molar-refractivity contribution < 1.29 is 19.1 Å². The quantitative estimate of drug-likeness (QED) is 0.560. The summed E-state index contributed by atoms with van der Waals surface area (Å²) in [5, 5.41) is 0. The second-order valence-corrected chi connectivity index (χ2v) is 14.2. The molecule has 6 nitrogen and oxygen atoms in total. The van der Waals surface area contributed by atoms with Crippen LogP contribution in [0.3, 0.4) is 0 Å². The van der Waals surface area contributed by atoms with Gasteiger partial charge < -0.3 is 19.3 Å². The Morgan fingerprint density at radius 3 is 2.50 bits per heavy atom. The van der Waals surface area contributed by atoms with Crippen molar-refractivity contribution in [2.45, 2.75) is 57.0 Å². The Bertz CT molecular complexity index is 529. The minimum Gasteiger partial charge on any atom is -0.450 e. The molecule has 0 N–H and O–H groups in total. The van der Waals surface area contributed by atoms with Crippen LogP contribution in [0.2, 0.25) is 25.7 Å². The molecule has 3 atom stereocenters. The molecule has 0 spiro atoms. The normalized spacial score (nSPS) is 29.5. The molecule has 0 unspecified atom stereocenters. The summed E-state index contributed by atoms with van der Waals surface area (Å²) >= 11 is 0. The highest BCUT2D eigenvalue weighted by molar-refractivity contribution is 6.76. The highest BCUT2D eigenvalue weighted by atomic mass is 28.3. The highest BCUT2D eigenvalue weighted by Crippen LogP contribution is 2.40. The lowest BCUT2D eigenvalue weighted by molar-refractivity contribution is -0.138. The van der Waals surface area contributed by atoms with Gasteiger partial charge >= 0.3 is 6.09 Å². The van der Waals surface area contributed by atoms with Crippen LogP contribution >= 0.6 is 0 Å². The lowest BCUT2D eigenvalue weighted by atomic mass is 9.96. The first kappa shape index (κ1) is 17.4. The summed E-state index contributed by atoms with van der Waals surface area (Å²) in [4.78, 5) is 39.9. The Morgan fingerprint density at radius 1 is 1.21 bits per heavy atom. The molecule has 24 heavy (non-hydrogen) atoms. The molecule has 2 amide bonds. The molecule has 3 rings (SSSR count). The fourth-order valence-electron chi connectivity index (χ4n) is 3.76. The molecule has 0 radical (unpaired) electrons. The molecule has 2 bridgehead atoms. The number of likely N-dealkylation sites (tertiary alicyclic amines) is 2. The fraction of sp³-hybridized carbons (Fsp3) is 0.824. The fourth-order valence-corrected chi connectivity index (χ4v) is 4.47. The van der Waals surface area contributed by atoms with E-state index in [9.17, 15) is 14.4 Å². The van der Waals surface area contributed by atoms with Crippen molar-refractivity contribution in [3.8, 4) is 0 Å². The molecule has 1 aliphatic carbocycles. The highest BCUT2D eigenvalue weighted by Gasteiger charge is 2.51. The molecular weight excluding hydrogens is 324 g/mol. The van der Waals surface area contributed by atoms with Gasteiger partial charge in [-0.1, -0.05) is 19.6 Å². The number of ether oxygens (including phenoxy) is 1. The van der Waals surface area contributed by atoms with Crippen LogP contribution < -0.4 is 0 Å². The third-order valence-corrected chi connectivity index (χ3v) is 7.02. The molecule has 0 aromatic heterocycles. The zero-order valence-electron chi connectivity index (χ0n) is 14.9. The molecule has 134 valence electrons. The predicted octanol–water partition coefficient (Wildman–Crippen LogP) is 1.97. The molecule has 2 heterocycles. The van der Waals surface area contributed by atoms with Gasteiger partial charge in [0.25, 0.3) is 0 Å². The van der Waals surface area contributed by atoms with Crippen molar-refractivity contribution in [3.05, 3.63) is 0 Å². The number of fused-ring (bicyclic) bond motifs is 2. The Kier molecular flexibility index (Phi) is 4.73. The zero-order valence-corrected chi connectivity index (χ0v) is 15.9. The molecule has 2 aliphatic heterocycles. The van der Waals surface area contributed by atoms with Crippen LogP contribution in [0.25, 0.3) is 0 Å². The Morgan fingerprint density at radius 2 is 1.92 bits per heavy atom. The van der Waals surface area contributed by atoms with Crippen LogP contribution in [-0.2, 0) is 14.3 Å². The van der Waals surface area contributed by atoms with E-state index in [2.05, 4.69) is 19.6 Å². The summed E-state index contributed by atoms with van der Waals surface area (Å²) in [6.45, 7) is 8.21. The minimum atomic E-state index is -1.23. The second-order valence-electron chi connectivity index (χ2n) is 8.63. The van der Waals surface area contributed by atoms with Gasteiger partial charge in [-0.3, -0.25) is 4.79 Å². The van der Waals surface area contributed by atoms with Gasteiger partial charge in [-0.05, 0) is 25.3 Å². The maximum Gasteiger partial charge on any atom is 0.409 e. The largest absolute Gasteiger partial charge is 0.450 e. The summed E-state index contributed by atoms with van der Waals surface area (Å²) in [5.41, 5.74) is 0. The zero-order chi connectivity index (χ0) is 17.5. The summed E-state index contributed by atoms with van der Waals surface area (Å²) in [6.07, 6.45) is 3.28. The first-order valence-electron chi connectivity index (χ1n) is 8.99. The van der Waals surface area contributed by atoms with E-state index < -0.39 is 8.07 Å². The topological polar surface area (TPSA) is 66.9 Å².